The maximum atomic E-state index is 12.9. The smallest absolute Gasteiger partial charge is 0.215 e. The Labute approximate surface area is 212 Å². The molecule has 1 fully saturated rings. The highest BCUT2D eigenvalue weighted by molar-refractivity contribution is 7.91. The first kappa shape index (κ1) is 24.1. The van der Waals surface area contributed by atoms with Crippen molar-refractivity contribution in [1.82, 2.24) is 14.7 Å². The summed E-state index contributed by atoms with van der Waals surface area (Å²) in [6, 6.07) is 13.2. The van der Waals surface area contributed by atoms with Gasteiger partial charge in [0.2, 0.25) is 10.0 Å². The van der Waals surface area contributed by atoms with Crippen molar-refractivity contribution in [2.45, 2.75) is 29.0 Å². The number of nitrogens with zero attached hydrogens (tertiary/aromatic N) is 2. The maximum absolute atomic E-state index is 12.9. The number of pyridine rings is 2. The molecule has 1 saturated carbocycles. The van der Waals surface area contributed by atoms with Crippen LogP contribution in [0.1, 0.15) is 29.5 Å². The van der Waals surface area contributed by atoms with Gasteiger partial charge in [0, 0.05) is 27.6 Å². The van der Waals surface area contributed by atoms with Gasteiger partial charge in [0.05, 0.1) is 42.3 Å². The summed E-state index contributed by atoms with van der Waals surface area (Å²) in [6.07, 6.45) is 4.15. The minimum atomic E-state index is -3.58. The highest BCUT2D eigenvalue weighted by Gasteiger charge is 2.38. The van der Waals surface area contributed by atoms with Gasteiger partial charge >= 0.3 is 0 Å². The number of aromatic nitrogens is 2. The van der Waals surface area contributed by atoms with E-state index in [1.54, 1.807) is 30.5 Å². The van der Waals surface area contributed by atoms with E-state index in [9.17, 15) is 12.6 Å². The predicted molar refractivity (Wildman–Crippen MR) is 141 cm³/mol. The van der Waals surface area contributed by atoms with Crippen LogP contribution in [0.3, 0.4) is 0 Å². The van der Waals surface area contributed by atoms with Crippen molar-refractivity contribution in [2.75, 3.05) is 12.0 Å². The number of nitrogen functional groups attached to an aromatic ring is 1. The number of anilines is 1. The molecule has 0 aliphatic heterocycles. The zero-order valence-corrected chi connectivity index (χ0v) is 21.8. The van der Waals surface area contributed by atoms with Crippen LogP contribution < -0.4 is 10.5 Å². The van der Waals surface area contributed by atoms with Crippen molar-refractivity contribution >= 4 is 58.6 Å². The van der Waals surface area contributed by atoms with Gasteiger partial charge in [-0.2, -0.15) is 0 Å². The number of halogens is 1. The molecule has 5 rings (SSSR count). The van der Waals surface area contributed by atoms with Crippen molar-refractivity contribution in [1.29, 1.82) is 4.78 Å². The van der Waals surface area contributed by atoms with E-state index in [1.165, 1.54) is 17.6 Å². The molecule has 182 valence electrons. The van der Waals surface area contributed by atoms with E-state index in [-0.39, 0.29) is 5.82 Å². The zero-order chi connectivity index (χ0) is 25.0. The summed E-state index contributed by atoms with van der Waals surface area (Å²) in [5.41, 5.74) is 7.62. The molecule has 2 atom stereocenters. The number of nitrogens with two attached hydrogens (primary N) is 1. The molecular weight excluding hydrogens is 526 g/mol. The second kappa shape index (κ2) is 8.82. The van der Waals surface area contributed by atoms with Crippen LogP contribution in [0.2, 0.25) is 5.02 Å². The molecule has 2 unspecified atom stereocenters. The van der Waals surface area contributed by atoms with Gasteiger partial charge < -0.3 is 5.73 Å². The van der Waals surface area contributed by atoms with Gasteiger partial charge in [-0.05, 0) is 48.6 Å². The quantitative estimate of drug-likeness (QED) is 0.303. The van der Waals surface area contributed by atoms with Crippen LogP contribution in [0.25, 0.3) is 21.3 Å². The van der Waals surface area contributed by atoms with Gasteiger partial charge in [0.15, 0.2) is 0 Å². The number of thiophene rings is 1. The van der Waals surface area contributed by atoms with Gasteiger partial charge in [-0.1, -0.05) is 29.8 Å². The lowest BCUT2D eigenvalue weighted by molar-refractivity contribution is 0.570. The fourth-order valence-electron chi connectivity index (χ4n) is 3.79. The molecule has 8 nitrogen and oxygen atoms in total. The van der Waals surface area contributed by atoms with Crippen LogP contribution in [0, 0.1) is 4.78 Å². The molecule has 0 saturated heterocycles. The first-order chi connectivity index (χ1) is 16.5. The lowest BCUT2D eigenvalue weighted by Crippen LogP contribution is -2.32. The Morgan fingerprint density at radius 1 is 1.17 bits per heavy atom. The largest absolute Gasteiger partial charge is 0.384 e. The number of rotatable bonds is 7. The second-order valence-electron chi connectivity index (χ2n) is 8.49. The molecule has 1 aliphatic rings. The molecule has 1 aromatic carbocycles. The predicted octanol–water partition coefficient (Wildman–Crippen LogP) is 4.80. The molecule has 12 heteroatoms. The maximum Gasteiger partial charge on any atom is 0.215 e. The number of hydrogen-bond donors (Lipinski definition) is 3. The normalized spacial score (nSPS) is 16.7. The van der Waals surface area contributed by atoms with E-state index in [0.29, 0.717) is 39.0 Å². The van der Waals surface area contributed by atoms with Gasteiger partial charge in [-0.3, -0.25) is 4.98 Å². The topological polar surface area (TPSA) is 139 Å². The molecule has 3 heterocycles. The van der Waals surface area contributed by atoms with E-state index >= 15 is 0 Å². The van der Waals surface area contributed by atoms with E-state index in [1.807, 2.05) is 24.3 Å². The Hall–Kier alpha value is -2.57. The zero-order valence-electron chi connectivity index (χ0n) is 18.6. The van der Waals surface area contributed by atoms with Crippen LogP contribution in [-0.2, 0) is 19.8 Å². The number of nitrogens with one attached hydrogen (secondary N) is 2. The Morgan fingerprint density at radius 2 is 1.94 bits per heavy atom. The lowest BCUT2D eigenvalue weighted by atomic mass is 10.1. The van der Waals surface area contributed by atoms with Crippen molar-refractivity contribution < 1.29 is 12.6 Å². The van der Waals surface area contributed by atoms with Crippen molar-refractivity contribution in [3.8, 4) is 11.3 Å². The van der Waals surface area contributed by atoms with Crippen molar-refractivity contribution in [3.05, 3.63) is 70.3 Å². The molecule has 4 aromatic rings. The minimum absolute atomic E-state index is 0.237. The van der Waals surface area contributed by atoms with Crippen LogP contribution in [0.15, 0.2) is 59.6 Å². The number of sulfonamides is 1. The molecule has 0 amide bonds. The first-order valence-corrected chi connectivity index (χ1v) is 15.4. The monoisotopic (exact) mass is 547 g/mol. The molecule has 3 aromatic heterocycles. The SMILES string of the molecule is CS(=N)(=O)c1ccnc(-c2cccc3cc(C(NS(=O)(=O)C4CC4)c4nc(N)ccc4Cl)sc23)c1. The van der Waals surface area contributed by atoms with Crippen LogP contribution >= 0.6 is 22.9 Å². The number of fused-ring (bicyclic) bond motifs is 1. The molecule has 4 N–H and O–H groups in total. The third-order valence-electron chi connectivity index (χ3n) is 5.72. The number of benzene rings is 1. The third-order valence-corrected chi connectivity index (χ3v) is 10.4. The standard InChI is InChI=1S/C23H22ClN5O3S3/c1-34(26,30)15-9-10-27-18(12-15)16-4-2-3-13-11-19(33-23(13)16)22(29-35(31,32)14-5-6-14)21-17(24)7-8-20(25)28-21/h2-4,7-12,14,22,26,29H,5-6H2,1H3,(H2,25,28). The molecule has 0 spiro atoms. The molecule has 1 aliphatic carbocycles. The van der Waals surface area contributed by atoms with E-state index in [4.69, 9.17) is 22.1 Å². The lowest BCUT2D eigenvalue weighted by Gasteiger charge is -2.18. The molecule has 0 bridgehead atoms. The summed E-state index contributed by atoms with van der Waals surface area (Å²) in [6.45, 7) is 0. The van der Waals surface area contributed by atoms with E-state index < -0.39 is 31.0 Å². The van der Waals surface area contributed by atoms with E-state index in [2.05, 4.69) is 14.7 Å². The second-order valence-corrected chi connectivity index (χ2v) is 14.1. The van der Waals surface area contributed by atoms with Gasteiger partial charge in [0.25, 0.3) is 0 Å². The Balaban J connectivity index is 1.66. The average molecular weight is 548 g/mol. The van der Waals surface area contributed by atoms with Gasteiger partial charge in [-0.15, -0.1) is 11.3 Å². The summed E-state index contributed by atoms with van der Waals surface area (Å²) in [7, 11) is -6.49. The summed E-state index contributed by atoms with van der Waals surface area (Å²) >= 11 is 7.85. The summed E-state index contributed by atoms with van der Waals surface area (Å²) in [5.74, 6) is 0.237. The summed E-state index contributed by atoms with van der Waals surface area (Å²) in [4.78, 5) is 9.89. The average Bonchev–Trinajstić information content (AvgIpc) is 3.58. The van der Waals surface area contributed by atoms with Gasteiger partial charge in [-0.25, -0.2) is 27.1 Å². The highest BCUT2D eigenvalue weighted by Crippen LogP contribution is 2.41. The molecule has 0 radical (unpaired) electrons. The highest BCUT2D eigenvalue weighted by atomic mass is 35.5. The van der Waals surface area contributed by atoms with Crippen LogP contribution in [0.5, 0.6) is 0 Å². The Morgan fingerprint density at radius 3 is 2.66 bits per heavy atom. The Kier molecular flexibility index (Phi) is 6.09. The van der Waals surface area contributed by atoms with Crippen LogP contribution in [-0.4, -0.2) is 34.1 Å². The fourth-order valence-corrected chi connectivity index (χ4v) is 7.49. The molecular formula is C23H22ClN5O3S3. The summed E-state index contributed by atoms with van der Waals surface area (Å²) in [5, 5.41) is 0.770. The van der Waals surface area contributed by atoms with Crippen molar-refractivity contribution in [2.24, 2.45) is 0 Å². The number of hydrogen-bond acceptors (Lipinski definition) is 8. The van der Waals surface area contributed by atoms with Crippen LogP contribution in [0.4, 0.5) is 5.82 Å². The van der Waals surface area contributed by atoms with E-state index in [0.717, 1.165) is 15.6 Å². The first-order valence-electron chi connectivity index (χ1n) is 10.7. The minimum Gasteiger partial charge on any atom is -0.384 e. The molecule has 35 heavy (non-hydrogen) atoms. The van der Waals surface area contributed by atoms with Crippen molar-refractivity contribution in [3.63, 3.8) is 0 Å². The fraction of sp³-hybridized carbons (Fsp3) is 0.217. The third kappa shape index (κ3) is 4.91. The Bertz CT molecular complexity index is 1660. The van der Waals surface area contributed by atoms with Gasteiger partial charge in [0.1, 0.15) is 5.82 Å². The summed E-state index contributed by atoms with van der Waals surface area (Å²) < 4.78 is 49.7.